The van der Waals surface area contributed by atoms with Gasteiger partial charge in [-0.15, -0.1) is 0 Å². The summed E-state index contributed by atoms with van der Waals surface area (Å²) in [6.45, 7) is 9.73. The summed E-state index contributed by atoms with van der Waals surface area (Å²) in [7, 11) is 1.64. The number of fused-ring (bicyclic) bond motifs is 2. The number of nitrogens with zero attached hydrogens (tertiary/aromatic N) is 1. The molecule has 1 aliphatic heterocycles. The van der Waals surface area contributed by atoms with Gasteiger partial charge in [0.2, 0.25) is 5.91 Å². The number of carbonyl (C=O) groups excluding carboxylic acids is 1. The third-order valence-electron chi connectivity index (χ3n) is 6.41. The van der Waals surface area contributed by atoms with Crippen molar-refractivity contribution < 1.29 is 9.53 Å². The van der Waals surface area contributed by atoms with E-state index >= 15 is 0 Å². The van der Waals surface area contributed by atoms with E-state index in [1.165, 1.54) is 12.8 Å². The Balaban J connectivity index is 1.58. The number of amides is 1. The zero-order valence-electron chi connectivity index (χ0n) is 14.7. The SMILES string of the molecule is COc1ccc(NC(=O)CN2CC3CCC(C)(C2)C3(C)C)cc1. The zero-order chi connectivity index (χ0) is 16.7. The highest BCUT2D eigenvalue weighted by atomic mass is 16.5. The standard InChI is InChI=1S/C19H28N2O2/c1-18(2)14-9-10-19(18,3)13-21(11-14)12-17(22)20-15-5-7-16(23-4)8-6-15/h5-8,14H,9-13H2,1-4H3,(H,20,22). The molecule has 1 N–H and O–H groups in total. The van der Waals surface area contributed by atoms with E-state index in [1.807, 2.05) is 24.3 Å². The molecule has 1 aliphatic carbocycles. The summed E-state index contributed by atoms with van der Waals surface area (Å²) in [5.41, 5.74) is 1.54. The maximum Gasteiger partial charge on any atom is 0.238 e. The van der Waals surface area contributed by atoms with E-state index in [-0.39, 0.29) is 5.91 Å². The molecule has 4 heteroatoms. The maximum absolute atomic E-state index is 12.4. The van der Waals surface area contributed by atoms with Gasteiger partial charge in [0.1, 0.15) is 5.75 Å². The molecular formula is C19H28N2O2. The van der Waals surface area contributed by atoms with Gasteiger partial charge in [0, 0.05) is 18.8 Å². The highest BCUT2D eigenvalue weighted by molar-refractivity contribution is 5.92. The number of ether oxygens (including phenoxy) is 1. The van der Waals surface area contributed by atoms with Crippen LogP contribution in [0.25, 0.3) is 0 Å². The van der Waals surface area contributed by atoms with Crippen LogP contribution in [-0.4, -0.2) is 37.6 Å². The largest absolute Gasteiger partial charge is 0.497 e. The van der Waals surface area contributed by atoms with Crippen LogP contribution in [-0.2, 0) is 4.79 Å². The normalized spacial score (nSPS) is 29.3. The lowest BCUT2D eigenvalue weighted by molar-refractivity contribution is -0.119. The molecule has 0 radical (unpaired) electrons. The first kappa shape index (κ1) is 16.3. The van der Waals surface area contributed by atoms with E-state index in [2.05, 4.69) is 31.0 Å². The number of hydrogen-bond acceptors (Lipinski definition) is 3. The zero-order valence-corrected chi connectivity index (χ0v) is 14.7. The molecule has 0 spiro atoms. The molecule has 0 aromatic heterocycles. The molecule has 1 amide bonds. The number of benzene rings is 1. The van der Waals surface area contributed by atoms with Crippen molar-refractivity contribution in [2.45, 2.75) is 33.6 Å². The smallest absolute Gasteiger partial charge is 0.238 e. The fourth-order valence-corrected chi connectivity index (χ4v) is 4.34. The summed E-state index contributed by atoms with van der Waals surface area (Å²) >= 11 is 0. The first-order valence-electron chi connectivity index (χ1n) is 8.50. The van der Waals surface area contributed by atoms with Crippen LogP contribution in [0.1, 0.15) is 33.6 Å². The van der Waals surface area contributed by atoms with Gasteiger partial charge in [0.25, 0.3) is 0 Å². The van der Waals surface area contributed by atoms with E-state index < -0.39 is 0 Å². The first-order chi connectivity index (χ1) is 10.8. The van der Waals surface area contributed by atoms with E-state index in [9.17, 15) is 4.79 Å². The summed E-state index contributed by atoms with van der Waals surface area (Å²) in [4.78, 5) is 14.7. The van der Waals surface area contributed by atoms with Crippen LogP contribution in [0.3, 0.4) is 0 Å². The van der Waals surface area contributed by atoms with E-state index in [1.54, 1.807) is 7.11 Å². The molecule has 2 aliphatic rings. The average Bonchev–Trinajstić information content (AvgIpc) is 2.64. The Kier molecular flexibility index (Phi) is 4.13. The number of nitrogens with one attached hydrogen (secondary N) is 1. The predicted molar refractivity (Wildman–Crippen MR) is 92.7 cm³/mol. The van der Waals surface area contributed by atoms with Crippen molar-refractivity contribution in [3.8, 4) is 5.75 Å². The van der Waals surface area contributed by atoms with Gasteiger partial charge in [-0.3, -0.25) is 9.69 Å². The van der Waals surface area contributed by atoms with Crippen LogP contribution in [0.5, 0.6) is 5.75 Å². The van der Waals surface area contributed by atoms with Gasteiger partial charge in [-0.25, -0.2) is 0 Å². The fourth-order valence-electron chi connectivity index (χ4n) is 4.34. The van der Waals surface area contributed by atoms with Gasteiger partial charge < -0.3 is 10.1 Å². The molecule has 126 valence electrons. The summed E-state index contributed by atoms with van der Waals surface area (Å²) in [5, 5.41) is 2.99. The topological polar surface area (TPSA) is 41.6 Å². The molecule has 1 saturated carbocycles. The molecule has 23 heavy (non-hydrogen) atoms. The highest BCUT2D eigenvalue weighted by Crippen LogP contribution is 2.58. The summed E-state index contributed by atoms with van der Waals surface area (Å²) < 4.78 is 5.14. The van der Waals surface area contributed by atoms with Gasteiger partial charge in [0.05, 0.1) is 13.7 Å². The van der Waals surface area contributed by atoms with Crippen molar-refractivity contribution in [1.82, 2.24) is 4.90 Å². The van der Waals surface area contributed by atoms with E-state index in [0.717, 1.165) is 24.5 Å². The van der Waals surface area contributed by atoms with Crippen LogP contribution >= 0.6 is 0 Å². The summed E-state index contributed by atoms with van der Waals surface area (Å²) in [6.07, 6.45) is 2.57. The van der Waals surface area contributed by atoms with Gasteiger partial charge in [0.15, 0.2) is 0 Å². The first-order valence-corrected chi connectivity index (χ1v) is 8.50. The number of methoxy groups -OCH3 is 1. The number of likely N-dealkylation sites (tertiary alicyclic amines) is 1. The van der Waals surface area contributed by atoms with Gasteiger partial charge in [-0.1, -0.05) is 20.8 Å². The lowest BCUT2D eigenvalue weighted by Gasteiger charge is -2.50. The van der Waals surface area contributed by atoms with E-state index in [4.69, 9.17) is 4.74 Å². The predicted octanol–water partition coefficient (Wildman–Crippen LogP) is 3.39. The van der Waals surface area contributed by atoms with Crippen LogP contribution < -0.4 is 10.1 Å². The molecule has 2 bridgehead atoms. The number of carbonyl (C=O) groups is 1. The van der Waals surface area contributed by atoms with Gasteiger partial charge in [-0.2, -0.15) is 0 Å². The van der Waals surface area contributed by atoms with Crippen LogP contribution in [0.2, 0.25) is 0 Å². The van der Waals surface area contributed by atoms with Crippen molar-refractivity contribution in [1.29, 1.82) is 0 Å². The Hall–Kier alpha value is -1.55. The lowest BCUT2D eigenvalue weighted by Crippen LogP contribution is -2.53. The van der Waals surface area contributed by atoms with Crippen LogP contribution in [0.15, 0.2) is 24.3 Å². The van der Waals surface area contributed by atoms with Crippen LogP contribution in [0, 0.1) is 16.7 Å². The highest BCUT2D eigenvalue weighted by Gasteiger charge is 2.55. The average molecular weight is 316 g/mol. The van der Waals surface area contributed by atoms with Crippen molar-refractivity contribution in [2.24, 2.45) is 16.7 Å². The fraction of sp³-hybridized carbons (Fsp3) is 0.632. The quantitative estimate of drug-likeness (QED) is 0.926. The van der Waals surface area contributed by atoms with Crippen LogP contribution in [0.4, 0.5) is 5.69 Å². The Morgan fingerprint density at radius 1 is 1.30 bits per heavy atom. The minimum atomic E-state index is 0.0675. The molecular weight excluding hydrogens is 288 g/mol. The number of hydrogen-bond donors (Lipinski definition) is 1. The summed E-state index contributed by atoms with van der Waals surface area (Å²) in [5.74, 6) is 1.57. The Morgan fingerprint density at radius 2 is 2.00 bits per heavy atom. The molecule has 2 fully saturated rings. The Morgan fingerprint density at radius 3 is 2.61 bits per heavy atom. The minimum Gasteiger partial charge on any atom is -0.497 e. The van der Waals surface area contributed by atoms with Crippen molar-refractivity contribution in [3.63, 3.8) is 0 Å². The molecule has 1 aromatic rings. The Labute approximate surface area is 139 Å². The molecule has 3 rings (SSSR count). The number of rotatable bonds is 4. The number of piperidine rings is 1. The van der Waals surface area contributed by atoms with Gasteiger partial charge >= 0.3 is 0 Å². The molecule has 1 saturated heterocycles. The second-order valence-electron chi connectivity index (χ2n) is 7.96. The molecule has 4 nitrogen and oxygen atoms in total. The summed E-state index contributed by atoms with van der Waals surface area (Å²) in [6, 6.07) is 7.47. The monoisotopic (exact) mass is 316 g/mol. The molecule has 1 aromatic carbocycles. The third kappa shape index (κ3) is 2.97. The number of anilines is 1. The second-order valence-corrected chi connectivity index (χ2v) is 7.96. The lowest BCUT2D eigenvalue weighted by atomic mass is 9.63. The molecule has 2 unspecified atom stereocenters. The maximum atomic E-state index is 12.4. The van der Waals surface area contributed by atoms with Crippen molar-refractivity contribution in [2.75, 3.05) is 32.1 Å². The second kappa shape index (κ2) is 5.82. The third-order valence-corrected chi connectivity index (χ3v) is 6.41. The Bertz CT molecular complexity index is 582. The minimum absolute atomic E-state index is 0.0675. The van der Waals surface area contributed by atoms with E-state index in [0.29, 0.717) is 23.3 Å². The molecule has 1 heterocycles. The molecule has 2 atom stereocenters. The van der Waals surface area contributed by atoms with Crippen molar-refractivity contribution >= 4 is 11.6 Å². The van der Waals surface area contributed by atoms with Crippen molar-refractivity contribution in [3.05, 3.63) is 24.3 Å². The van der Waals surface area contributed by atoms with Gasteiger partial charge in [-0.05, 0) is 53.9 Å².